The van der Waals surface area contributed by atoms with E-state index >= 15 is 0 Å². The molecule has 14 rings (SSSR count). The van der Waals surface area contributed by atoms with E-state index < -0.39 is 0 Å². The lowest BCUT2D eigenvalue weighted by atomic mass is 9.72. The Labute approximate surface area is 397 Å². The first-order chi connectivity index (χ1) is 32.8. The first kappa shape index (κ1) is 39.5. The van der Waals surface area contributed by atoms with Crippen LogP contribution >= 0.6 is 0 Å². The zero-order chi connectivity index (χ0) is 46.2. The first-order valence-corrected chi connectivity index (χ1v) is 24.2. The minimum absolute atomic E-state index is 0.219. The first-order valence-electron chi connectivity index (χ1n) is 24.2. The molecule has 2 heterocycles. The number of anilines is 3. The molecule has 0 fully saturated rings. The van der Waals surface area contributed by atoms with Crippen LogP contribution in [0.4, 0.5) is 17.1 Å². The van der Waals surface area contributed by atoms with E-state index in [1.54, 1.807) is 0 Å². The van der Waals surface area contributed by atoms with E-state index in [1.165, 1.54) is 99.6 Å². The second kappa shape index (κ2) is 13.3. The molecule has 0 amide bonds. The van der Waals surface area contributed by atoms with Crippen molar-refractivity contribution < 1.29 is 8.83 Å². The van der Waals surface area contributed by atoms with E-state index in [1.807, 2.05) is 0 Å². The molecule has 68 heavy (non-hydrogen) atoms. The molecule has 0 atom stereocenters. The van der Waals surface area contributed by atoms with Crippen molar-refractivity contribution in [2.45, 2.75) is 71.6 Å². The van der Waals surface area contributed by atoms with Gasteiger partial charge in [0, 0.05) is 66.0 Å². The Bertz CT molecular complexity index is 4020. The number of fused-ring (bicyclic) bond motifs is 19. The van der Waals surface area contributed by atoms with E-state index in [9.17, 15) is 0 Å². The third kappa shape index (κ3) is 5.04. The van der Waals surface area contributed by atoms with Gasteiger partial charge in [-0.3, -0.25) is 0 Å². The highest BCUT2D eigenvalue weighted by Gasteiger charge is 2.49. The van der Waals surface area contributed by atoms with E-state index in [-0.39, 0.29) is 16.2 Å². The molecule has 0 radical (unpaired) electrons. The summed E-state index contributed by atoms with van der Waals surface area (Å²) in [6, 6.07) is 60.9. The quantitative estimate of drug-likeness (QED) is 0.176. The van der Waals surface area contributed by atoms with Gasteiger partial charge in [0.05, 0.1) is 0 Å². The highest BCUT2D eigenvalue weighted by Crippen LogP contribution is 2.64. The molecule has 2 aromatic heterocycles. The molecular weight excluding hydrogens is 827 g/mol. The van der Waals surface area contributed by atoms with Gasteiger partial charge >= 0.3 is 0 Å². The fourth-order valence-corrected chi connectivity index (χ4v) is 13.0. The normalized spacial score (nSPS) is 15.4. The molecule has 3 nitrogen and oxygen atoms in total. The Morgan fingerprint density at radius 2 is 0.912 bits per heavy atom. The van der Waals surface area contributed by atoms with Crippen molar-refractivity contribution in [3.63, 3.8) is 0 Å². The van der Waals surface area contributed by atoms with Crippen molar-refractivity contribution in [2.75, 3.05) is 4.90 Å². The summed E-state index contributed by atoms with van der Waals surface area (Å²) in [5.41, 5.74) is 27.0. The van der Waals surface area contributed by atoms with Crippen molar-refractivity contribution in [3.05, 3.63) is 208 Å². The molecule has 11 aromatic rings. The molecule has 3 aliphatic carbocycles. The molecular formula is C65H51NO2. The van der Waals surface area contributed by atoms with Crippen molar-refractivity contribution in [2.24, 2.45) is 0 Å². The molecule has 0 saturated carbocycles. The van der Waals surface area contributed by atoms with Crippen LogP contribution in [0.25, 0.3) is 88.4 Å². The zero-order valence-corrected chi connectivity index (χ0v) is 39.9. The van der Waals surface area contributed by atoms with Gasteiger partial charge in [0.2, 0.25) is 0 Å². The van der Waals surface area contributed by atoms with Crippen LogP contribution in [0.2, 0.25) is 0 Å². The average Bonchev–Trinajstić information content (AvgIpc) is 4.08. The number of para-hydroxylation sites is 2. The topological polar surface area (TPSA) is 29.5 Å². The summed E-state index contributed by atoms with van der Waals surface area (Å²) in [5.74, 6) is 0. The smallest absolute Gasteiger partial charge is 0.144 e. The number of furan rings is 2. The molecule has 328 valence electrons. The summed E-state index contributed by atoms with van der Waals surface area (Å²) in [6.45, 7) is 18.9. The summed E-state index contributed by atoms with van der Waals surface area (Å²) in [7, 11) is 0. The van der Waals surface area contributed by atoms with Crippen molar-refractivity contribution in [1.82, 2.24) is 0 Å². The fraction of sp³-hybridized carbons (Fsp3) is 0.169. The maximum absolute atomic E-state index is 6.98. The highest BCUT2D eigenvalue weighted by atomic mass is 16.3. The second-order valence-electron chi connectivity index (χ2n) is 21.4. The van der Waals surface area contributed by atoms with E-state index in [0.717, 1.165) is 50.3 Å². The number of benzene rings is 9. The van der Waals surface area contributed by atoms with Crippen molar-refractivity contribution >= 4 is 60.9 Å². The lowest BCUT2D eigenvalue weighted by Crippen LogP contribution is -2.24. The Morgan fingerprint density at radius 3 is 1.60 bits per heavy atom. The Kier molecular flexibility index (Phi) is 7.73. The number of aryl methyl sites for hydroxylation is 2. The van der Waals surface area contributed by atoms with Crippen LogP contribution in [0, 0.1) is 13.8 Å². The summed E-state index contributed by atoms with van der Waals surface area (Å²) < 4.78 is 13.8. The minimum Gasteiger partial charge on any atom is -0.455 e. The summed E-state index contributed by atoms with van der Waals surface area (Å²) in [6.07, 6.45) is 0. The van der Waals surface area contributed by atoms with Crippen LogP contribution < -0.4 is 4.90 Å². The lowest BCUT2D eigenvalue weighted by Gasteiger charge is -2.32. The highest BCUT2D eigenvalue weighted by molar-refractivity contribution is 6.21. The fourth-order valence-electron chi connectivity index (χ4n) is 13.0. The van der Waals surface area contributed by atoms with Crippen molar-refractivity contribution in [3.8, 4) is 44.5 Å². The molecule has 0 saturated heterocycles. The molecule has 0 bridgehead atoms. The Hall–Kier alpha value is -7.62. The summed E-state index contributed by atoms with van der Waals surface area (Å²) in [5, 5.41) is 4.75. The van der Waals surface area contributed by atoms with Gasteiger partial charge in [0.1, 0.15) is 22.3 Å². The predicted molar refractivity (Wildman–Crippen MR) is 283 cm³/mol. The van der Waals surface area contributed by atoms with Crippen LogP contribution in [0.1, 0.15) is 86.1 Å². The summed E-state index contributed by atoms with van der Waals surface area (Å²) >= 11 is 0. The number of rotatable bonds is 4. The van der Waals surface area contributed by atoms with Crippen LogP contribution in [-0.4, -0.2) is 0 Å². The van der Waals surface area contributed by atoms with Crippen LogP contribution in [0.3, 0.4) is 0 Å². The van der Waals surface area contributed by atoms with E-state index in [2.05, 4.69) is 224 Å². The minimum atomic E-state index is -0.315. The maximum Gasteiger partial charge on any atom is 0.144 e. The molecule has 0 aliphatic heterocycles. The van der Waals surface area contributed by atoms with E-state index in [4.69, 9.17) is 8.83 Å². The van der Waals surface area contributed by atoms with E-state index in [0.29, 0.717) is 0 Å². The molecule has 0 N–H and O–H groups in total. The average molecular weight is 878 g/mol. The lowest BCUT2D eigenvalue weighted by molar-refractivity contribution is 0.600. The molecule has 3 heteroatoms. The third-order valence-corrected chi connectivity index (χ3v) is 16.3. The number of hydrogen-bond acceptors (Lipinski definition) is 3. The Balaban J connectivity index is 0.986. The second-order valence-corrected chi connectivity index (χ2v) is 21.4. The van der Waals surface area contributed by atoms with Gasteiger partial charge in [-0.15, -0.1) is 0 Å². The molecule has 3 aliphatic rings. The standard InChI is InChI=1S/C65H51NO2/c1-36-24-26-38(27-25-36)47-35-51-54(56-45-19-10-13-22-52(45)67-61(47)56)43-30-28-40(33-49(43)63(51,3)4)66(39-17-15-16-37(2)32-39)41-29-31-44-50(34-41)65(7,8)59-55(44)57-46-20-11-14-23-53(46)68-62(57)58-42-18-9-12-21-48(42)64(5,6)60(58)59/h9-35H,1-8H3. The van der Waals surface area contributed by atoms with Crippen LogP contribution in [-0.2, 0) is 16.2 Å². The monoisotopic (exact) mass is 877 g/mol. The van der Waals surface area contributed by atoms with Gasteiger partial charge in [-0.05, 0) is 141 Å². The third-order valence-electron chi connectivity index (χ3n) is 16.3. The van der Waals surface area contributed by atoms with Crippen LogP contribution in [0.5, 0.6) is 0 Å². The maximum atomic E-state index is 6.98. The van der Waals surface area contributed by atoms with Gasteiger partial charge in [-0.25, -0.2) is 0 Å². The largest absolute Gasteiger partial charge is 0.455 e. The number of nitrogens with zero attached hydrogens (tertiary/aromatic N) is 1. The van der Waals surface area contributed by atoms with Gasteiger partial charge in [0.15, 0.2) is 0 Å². The molecule has 0 spiro atoms. The van der Waals surface area contributed by atoms with Crippen LogP contribution in [0.15, 0.2) is 173 Å². The van der Waals surface area contributed by atoms with Gasteiger partial charge in [-0.2, -0.15) is 0 Å². The zero-order valence-electron chi connectivity index (χ0n) is 39.9. The van der Waals surface area contributed by atoms with Gasteiger partial charge in [-0.1, -0.05) is 156 Å². The van der Waals surface area contributed by atoms with Crippen molar-refractivity contribution in [1.29, 1.82) is 0 Å². The van der Waals surface area contributed by atoms with Gasteiger partial charge in [0.25, 0.3) is 0 Å². The predicted octanol–water partition coefficient (Wildman–Crippen LogP) is 18.2. The molecule has 9 aromatic carbocycles. The number of hydrogen-bond donors (Lipinski definition) is 0. The Morgan fingerprint density at radius 1 is 0.368 bits per heavy atom. The SMILES string of the molecule is Cc1ccc(-c2cc3c(c4c2oc2ccccc24)-c2ccc(N(c4cccc(C)c4)c4ccc5c(c4)C(C)(C)c4c6c(c7oc8ccccc8c7c4-5)-c4ccccc4C6(C)C)cc2C3(C)C)cc1. The van der Waals surface area contributed by atoms with Gasteiger partial charge < -0.3 is 13.7 Å². The molecule has 0 unspecified atom stereocenters. The summed E-state index contributed by atoms with van der Waals surface area (Å²) in [4.78, 5) is 2.49.